The monoisotopic (exact) mass is 331 g/mol. The Labute approximate surface area is 142 Å². The van der Waals surface area contributed by atoms with Crippen molar-refractivity contribution in [3.8, 4) is 0 Å². The number of hydrogen-bond acceptors (Lipinski definition) is 4. The minimum atomic E-state index is -0.311. The average molecular weight is 331 g/mol. The molecule has 1 saturated heterocycles. The van der Waals surface area contributed by atoms with E-state index in [1.807, 2.05) is 52.0 Å². The van der Waals surface area contributed by atoms with Crippen molar-refractivity contribution in [1.82, 2.24) is 4.90 Å². The Morgan fingerprint density at radius 2 is 2.08 bits per heavy atom. The number of benzene rings is 1. The summed E-state index contributed by atoms with van der Waals surface area (Å²) in [5.41, 5.74) is 1.16. The Balaban J connectivity index is 1.82. The van der Waals surface area contributed by atoms with Crippen molar-refractivity contribution < 1.29 is 14.3 Å². The standard InChI is InChI=1S/C18H25N3O3/c1-12-9-20(11-18(3,4)24-12)13(2)17(23)21-10-16(22)19-14-7-5-6-8-15(14)21/h5-8,12-13H,9-11H2,1-4H3,(H,19,22). The molecule has 2 aliphatic heterocycles. The number of rotatable bonds is 2. The second-order valence-corrected chi connectivity index (χ2v) is 7.28. The molecular formula is C18H25N3O3. The number of carbonyl (C=O) groups is 2. The molecule has 2 unspecified atom stereocenters. The fraction of sp³-hybridized carbons (Fsp3) is 0.556. The number of nitrogens with zero attached hydrogens (tertiary/aromatic N) is 2. The van der Waals surface area contributed by atoms with Crippen molar-refractivity contribution in [2.45, 2.75) is 45.4 Å². The highest BCUT2D eigenvalue weighted by molar-refractivity contribution is 6.11. The normalized spacial score (nSPS) is 24.9. The maximum atomic E-state index is 13.1. The number of carbonyl (C=O) groups excluding carboxylic acids is 2. The summed E-state index contributed by atoms with van der Waals surface area (Å²) >= 11 is 0. The third kappa shape index (κ3) is 3.30. The molecule has 0 saturated carbocycles. The molecule has 1 fully saturated rings. The Hall–Kier alpha value is -1.92. The third-order valence-corrected chi connectivity index (χ3v) is 4.54. The van der Waals surface area contributed by atoms with Gasteiger partial charge in [-0.3, -0.25) is 19.4 Å². The van der Waals surface area contributed by atoms with E-state index in [9.17, 15) is 9.59 Å². The number of morpholine rings is 1. The first kappa shape index (κ1) is 16.9. The second-order valence-electron chi connectivity index (χ2n) is 7.28. The minimum absolute atomic E-state index is 0.0535. The largest absolute Gasteiger partial charge is 0.370 e. The summed E-state index contributed by atoms with van der Waals surface area (Å²) < 4.78 is 5.92. The van der Waals surface area contributed by atoms with Gasteiger partial charge in [-0.25, -0.2) is 0 Å². The Bertz CT molecular complexity index is 659. The van der Waals surface area contributed by atoms with Crippen LogP contribution in [-0.2, 0) is 14.3 Å². The molecule has 6 nitrogen and oxygen atoms in total. The van der Waals surface area contributed by atoms with E-state index in [0.29, 0.717) is 18.8 Å². The molecule has 0 spiro atoms. The molecule has 2 heterocycles. The summed E-state index contributed by atoms with van der Waals surface area (Å²) in [7, 11) is 0. The fourth-order valence-electron chi connectivity index (χ4n) is 3.61. The molecule has 2 aliphatic rings. The van der Waals surface area contributed by atoms with Crippen LogP contribution in [-0.4, -0.2) is 54.1 Å². The number of amides is 2. The molecule has 0 bridgehead atoms. The number of hydrogen-bond donors (Lipinski definition) is 1. The topological polar surface area (TPSA) is 61.9 Å². The van der Waals surface area contributed by atoms with Crippen LogP contribution >= 0.6 is 0 Å². The number of ether oxygens (including phenoxy) is 1. The van der Waals surface area contributed by atoms with E-state index >= 15 is 0 Å². The second kappa shape index (κ2) is 6.18. The first-order valence-electron chi connectivity index (χ1n) is 8.39. The third-order valence-electron chi connectivity index (χ3n) is 4.54. The van der Waals surface area contributed by atoms with Gasteiger partial charge in [-0.2, -0.15) is 0 Å². The Morgan fingerprint density at radius 1 is 1.38 bits per heavy atom. The number of nitrogens with one attached hydrogen (secondary N) is 1. The lowest BCUT2D eigenvalue weighted by atomic mass is 10.0. The molecular weight excluding hydrogens is 306 g/mol. The van der Waals surface area contributed by atoms with Crippen molar-refractivity contribution in [3.05, 3.63) is 24.3 Å². The predicted molar refractivity (Wildman–Crippen MR) is 93.1 cm³/mol. The molecule has 130 valence electrons. The fourth-order valence-corrected chi connectivity index (χ4v) is 3.61. The lowest BCUT2D eigenvalue weighted by Crippen LogP contribution is -2.59. The summed E-state index contributed by atoms with van der Waals surface area (Å²) in [5.74, 6) is -0.216. The van der Waals surface area contributed by atoms with Crippen molar-refractivity contribution in [3.63, 3.8) is 0 Å². The Kier molecular flexibility index (Phi) is 4.36. The molecule has 6 heteroatoms. The first-order chi connectivity index (χ1) is 11.3. The van der Waals surface area contributed by atoms with Crippen LogP contribution < -0.4 is 10.2 Å². The maximum absolute atomic E-state index is 13.1. The van der Waals surface area contributed by atoms with E-state index < -0.39 is 0 Å². The Morgan fingerprint density at radius 3 is 2.79 bits per heavy atom. The van der Waals surface area contributed by atoms with E-state index in [2.05, 4.69) is 10.2 Å². The molecule has 1 aromatic carbocycles. The van der Waals surface area contributed by atoms with Crippen molar-refractivity contribution in [2.24, 2.45) is 0 Å². The summed E-state index contributed by atoms with van der Waals surface area (Å²) in [5, 5.41) is 2.82. The van der Waals surface area contributed by atoms with E-state index in [1.165, 1.54) is 0 Å². The van der Waals surface area contributed by atoms with Gasteiger partial charge < -0.3 is 10.1 Å². The predicted octanol–water partition coefficient (Wildman–Crippen LogP) is 1.86. The van der Waals surface area contributed by atoms with E-state index in [-0.39, 0.29) is 36.1 Å². The van der Waals surface area contributed by atoms with Crippen LogP contribution in [0.2, 0.25) is 0 Å². The van der Waals surface area contributed by atoms with Crippen LogP contribution in [0.15, 0.2) is 24.3 Å². The molecule has 2 amide bonds. The number of anilines is 2. The van der Waals surface area contributed by atoms with Crippen LogP contribution in [0, 0.1) is 0 Å². The summed E-state index contributed by atoms with van der Waals surface area (Å²) in [4.78, 5) is 28.8. The SMILES string of the molecule is CC1CN(C(C)C(=O)N2CC(=O)Nc3ccccc32)CC(C)(C)O1. The molecule has 1 N–H and O–H groups in total. The van der Waals surface area contributed by atoms with Gasteiger partial charge in [-0.15, -0.1) is 0 Å². The van der Waals surface area contributed by atoms with Gasteiger partial charge in [0, 0.05) is 13.1 Å². The average Bonchev–Trinajstić information content (AvgIpc) is 2.50. The molecule has 2 atom stereocenters. The van der Waals surface area contributed by atoms with E-state index in [0.717, 1.165) is 5.69 Å². The highest BCUT2D eigenvalue weighted by Crippen LogP contribution is 2.30. The van der Waals surface area contributed by atoms with Crippen LogP contribution in [0.1, 0.15) is 27.7 Å². The molecule has 24 heavy (non-hydrogen) atoms. The lowest BCUT2D eigenvalue weighted by molar-refractivity contribution is -0.147. The van der Waals surface area contributed by atoms with Gasteiger partial charge in [0.15, 0.2) is 0 Å². The van der Waals surface area contributed by atoms with Gasteiger partial charge in [0.25, 0.3) is 0 Å². The number of fused-ring (bicyclic) bond motifs is 1. The molecule has 1 aromatic rings. The molecule has 3 rings (SSSR count). The van der Waals surface area contributed by atoms with Crippen LogP contribution in [0.5, 0.6) is 0 Å². The van der Waals surface area contributed by atoms with Gasteiger partial charge in [-0.05, 0) is 39.8 Å². The zero-order valence-corrected chi connectivity index (χ0v) is 14.7. The van der Waals surface area contributed by atoms with E-state index in [1.54, 1.807) is 4.90 Å². The quantitative estimate of drug-likeness (QED) is 0.898. The van der Waals surface area contributed by atoms with Gasteiger partial charge in [0.1, 0.15) is 6.54 Å². The summed E-state index contributed by atoms with van der Waals surface area (Å²) in [6.45, 7) is 9.46. The summed E-state index contributed by atoms with van der Waals surface area (Å²) in [6, 6.07) is 7.10. The van der Waals surface area contributed by atoms with Crippen molar-refractivity contribution >= 4 is 23.2 Å². The minimum Gasteiger partial charge on any atom is -0.370 e. The molecule has 0 aliphatic carbocycles. The first-order valence-corrected chi connectivity index (χ1v) is 8.39. The van der Waals surface area contributed by atoms with Crippen LogP contribution in [0.4, 0.5) is 11.4 Å². The molecule has 0 aromatic heterocycles. The van der Waals surface area contributed by atoms with Gasteiger partial charge in [-0.1, -0.05) is 12.1 Å². The summed E-state index contributed by atoms with van der Waals surface area (Å²) in [6.07, 6.45) is 0.0703. The highest BCUT2D eigenvalue weighted by atomic mass is 16.5. The van der Waals surface area contributed by atoms with Crippen molar-refractivity contribution in [1.29, 1.82) is 0 Å². The van der Waals surface area contributed by atoms with Crippen molar-refractivity contribution in [2.75, 3.05) is 29.9 Å². The van der Waals surface area contributed by atoms with Gasteiger partial charge in [0.2, 0.25) is 11.8 Å². The smallest absolute Gasteiger partial charge is 0.244 e. The highest BCUT2D eigenvalue weighted by Gasteiger charge is 2.38. The lowest BCUT2D eigenvalue weighted by Gasteiger charge is -2.44. The van der Waals surface area contributed by atoms with Crippen LogP contribution in [0.25, 0.3) is 0 Å². The number of para-hydroxylation sites is 2. The van der Waals surface area contributed by atoms with Gasteiger partial charge >= 0.3 is 0 Å². The maximum Gasteiger partial charge on any atom is 0.244 e. The van der Waals surface area contributed by atoms with Gasteiger partial charge in [0.05, 0.1) is 29.1 Å². The van der Waals surface area contributed by atoms with E-state index in [4.69, 9.17) is 4.74 Å². The van der Waals surface area contributed by atoms with Crippen LogP contribution in [0.3, 0.4) is 0 Å². The molecule has 0 radical (unpaired) electrons. The zero-order chi connectivity index (χ0) is 17.5. The zero-order valence-electron chi connectivity index (χ0n) is 14.7.